The lowest BCUT2D eigenvalue weighted by molar-refractivity contribution is 0.853. The van der Waals surface area contributed by atoms with E-state index in [1.807, 2.05) is 34.9 Å². The summed E-state index contributed by atoms with van der Waals surface area (Å²) in [7, 11) is 0. The molecule has 2 aromatic heterocycles. The van der Waals surface area contributed by atoms with Gasteiger partial charge in [0.15, 0.2) is 5.69 Å². The van der Waals surface area contributed by atoms with Crippen LogP contribution in [-0.2, 0) is 12.8 Å². The van der Waals surface area contributed by atoms with E-state index in [0.29, 0.717) is 11.4 Å². The number of hydrogen-bond acceptors (Lipinski definition) is 3. The van der Waals surface area contributed by atoms with Crippen LogP contribution in [0.25, 0.3) is 5.52 Å². The van der Waals surface area contributed by atoms with Crippen LogP contribution in [0, 0.1) is 11.3 Å². The molecule has 0 amide bonds. The van der Waals surface area contributed by atoms with Gasteiger partial charge in [-0.15, -0.1) is 0 Å². The number of nitriles is 1. The molecule has 0 saturated carbocycles. The first-order valence-corrected chi connectivity index (χ1v) is 6.48. The zero-order valence-corrected chi connectivity index (χ0v) is 11.0. The Morgan fingerprint density at radius 2 is 1.90 bits per heavy atom. The Morgan fingerprint density at radius 3 is 2.65 bits per heavy atom. The number of hydrogen-bond donors (Lipinski definition) is 1. The van der Waals surface area contributed by atoms with E-state index in [2.05, 4.69) is 23.2 Å². The Hall–Kier alpha value is -2.80. The number of nitrogens with zero attached hydrogens (tertiary/aromatic N) is 3. The summed E-state index contributed by atoms with van der Waals surface area (Å²) < 4.78 is 1.91. The van der Waals surface area contributed by atoms with E-state index in [1.54, 1.807) is 6.07 Å². The maximum atomic E-state index is 9.15. The third kappa shape index (κ3) is 2.21. The number of aromatic nitrogens is 2. The molecular formula is C16H14N4. The lowest BCUT2D eigenvalue weighted by Gasteiger charge is -2.03. The van der Waals surface area contributed by atoms with Crippen LogP contribution in [0.15, 0.2) is 48.7 Å². The number of imidazole rings is 1. The molecule has 0 fully saturated rings. The number of fused-ring (bicyclic) bond motifs is 1. The molecule has 4 heteroatoms. The average Bonchev–Trinajstić information content (AvgIpc) is 2.83. The first-order valence-electron chi connectivity index (χ1n) is 6.48. The number of anilines is 1. The van der Waals surface area contributed by atoms with Crippen molar-refractivity contribution in [2.75, 3.05) is 5.73 Å². The highest BCUT2D eigenvalue weighted by molar-refractivity contribution is 5.61. The number of nitrogen functional groups attached to an aromatic ring is 1. The molecule has 3 aromatic rings. The van der Waals surface area contributed by atoms with E-state index in [1.165, 1.54) is 5.56 Å². The fourth-order valence-corrected chi connectivity index (χ4v) is 2.32. The number of benzene rings is 1. The maximum absolute atomic E-state index is 9.15. The van der Waals surface area contributed by atoms with Gasteiger partial charge in [-0.05, 0) is 24.1 Å². The predicted octanol–water partition coefficient (Wildman–Crippen LogP) is 2.57. The summed E-state index contributed by atoms with van der Waals surface area (Å²) in [4.78, 5) is 4.41. The van der Waals surface area contributed by atoms with Gasteiger partial charge in [0, 0.05) is 18.3 Å². The van der Waals surface area contributed by atoms with Crippen LogP contribution in [0.4, 0.5) is 5.69 Å². The minimum Gasteiger partial charge on any atom is -0.398 e. The monoisotopic (exact) mass is 262 g/mol. The lowest BCUT2D eigenvalue weighted by atomic mass is 10.1. The molecule has 0 bridgehead atoms. The molecule has 0 atom stereocenters. The van der Waals surface area contributed by atoms with Gasteiger partial charge >= 0.3 is 0 Å². The van der Waals surface area contributed by atoms with Crippen molar-refractivity contribution < 1.29 is 0 Å². The maximum Gasteiger partial charge on any atom is 0.166 e. The highest BCUT2D eigenvalue weighted by Gasteiger charge is 2.10. The normalized spacial score (nSPS) is 10.6. The van der Waals surface area contributed by atoms with Gasteiger partial charge in [0.25, 0.3) is 0 Å². The predicted molar refractivity (Wildman–Crippen MR) is 78.2 cm³/mol. The van der Waals surface area contributed by atoms with E-state index in [4.69, 9.17) is 11.0 Å². The van der Waals surface area contributed by atoms with E-state index >= 15 is 0 Å². The van der Waals surface area contributed by atoms with Crippen molar-refractivity contribution in [1.29, 1.82) is 5.26 Å². The van der Waals surface area contributed by atoms with Crippen LogP contribution in [0.5, 0.6) is 0 Å². The molecule has 3 rings (SSSR count). The van der Waals surface area contributed by atoms with Crippen molar-refractivity contribution >= 4 is 11.2 Å². The topological polar surface area (TPSA) is 67.1 Å². The van der Waals surface area contributed by atoms with Gasteiger partial charge < -0.3 is 10.1 Å². The second-order valence-electron chi connectivity index (χ2n) is 4.69. The van der Waals surface area contributed by atoms with Crippen molar-refractivity contribution in [2.24, 2.45) is 0 Å². The molecule has 0 aliphatic rings. The first kappa shape index (κ1) is 12.2. The quantitative estimate of drug-likeness (QED) is 0.788. The van der Waals surface area contributed by atoms with Gasteiger partial charge in [-0.3, -0.25) is 0 Å². The Morgan fingerprint density at radius 1 is 1.10 bits per heavy atom. The third-order valence-corrected chi connectivity index (χ3v) is 3.32. The van der Waals surface area contributed by atoms with Crippen molar-refractivity contribution in [2.45, 2.75) is 12.8 Å². The van der Waals surface area contributed by atoms with Crippen molar-refractivity contribution in [3.05, 3.63) is 65.7 Å². The second-order valence-corrected chi connectivity index (χ2v) is 4.69. The van der Waals surface area contributed by atoms with Crippen molar-refractivity contribution in [1.82, 2.24) is 9.38 Å². The van der Waals surface area contributed by atoms with Gasteiger partial charge in [0.2, 0.25) is 0 Å². The van der Waals surface area contributed by atoms with Gasteiger partial charge in [-0.2, -0.15) is 5.26 Å². The van der Waals surface area contributed by atoms with Crippen molar-refractivity contribution in [3.63, 3.8) is 0 Å². The molecule has 0 aliphatic carbocycles. The summed E-state index contributed by atoms with van der Waals surface area (Å²) >= 11 is 0. The molecule has 0 unspecified atom stereocenters. The molecule has 0 saturated heterocycles. The Balaban J connectivity index is 1.95. The Labute approximate surface area is 117 Å². The van der Waals surface area contributed by atoms with Crippen LogP contribution < -0.4 is 5.73 Å². The fourth-order valence-electron chi connectivity index (χ4n) is 2.32. The van der Waals surface area contributed by atoms with Gasteiger partial charge in [-0.25, -0.2) is 4.98 Å². The summed E-state index contributed by atoms with van der Waals surface area (Å²) in [6, 6.07) is 16.0. The molecule has 4 nitrogen and oxygen atoms in total. The summed E-state index contributed by atoms with van der Waals surface area (Å²) in [6.07, 6.45) is 3.49. The van der Waals surface area contributed by atoms with Crippen LogP contribution in [0.3, 0.4) is 0 Å². The first-order chi connectivity index (χ1) is 9.78. The largest absolute Gasteiger partial charge is 0.398 e. The van der Waals surface area contributed by atoms with Crippen LogP contribution in [0.1, 0.15) is 17.1 Å². The highest BCUT2D eigenvalue weighted by atomic mass is 15.0. The van der Waals surface area contributed by atoms with Crippen LogP contribution >= 0.6 is 0 Å². The molecule has 0 aliphatic heterocycles. The lowest BCUT2D eigenvalue weighted by Crippen LogP contribution is -1.99. The second kappa shape index (κ2) is 5.06. The smallest absolute Gasteiger partial charge is 0.166 e. The molecule has 2 N–H and O–H groups in total. The minimum atomic E-state index is 0.452. The van der Waals surface area contributed by atoms with Gasteiger partial charge in [0.1, 0.15) is 11.9 Å². The standard InChI is InChI=1S/C16H14N4/c17-10-14-15-8-7-13(18)11-20(15)16(19-14)9-6-12-4-2-1-3-5-12/h1-5,7-8,11H,6,9,18H2. The summed E-state index contributed by atoms with van der Waals surface area (Å²) in [5.41, 5.74) is 9.00. The summed E-state index contributed by atoms with van der Waals surface area (Å²) in [5, 5.41) is 9.15. The molecule has 20 heavy (non-hydrogen) atoms. The third-order valence-electron chi connectivity index (χ3n) is 3.32. The van der Waals surface area contributed by atoms with Gasteiger partial charge in [-0.1, -0.05) is 30.3 Å². The van der Waals surface area contributed by atoms with Crippen LogP contribution in [0.2, 0.25) is 0 Å². The minimum absolute atomic E-state index is 0.452. The van der Waals surface area contributed by atoms with E-state index in [9.17, 15) is 0 Å². The molecule has 0 radical (unpaired) electrons. The van der Waals surface area contributed by atoms with E-state index in [-0.39, 0.29) is 0 Å². The number of aryl methyl sites for hydroxylation is 2. The fraction of sp³-hybridized carbons (Fsp3) is 0.125. The van der Waals surface area contributed by atoms with E-state index in [0.717, 1.165) is 24.2 Å². The molecule has 1 aromatic carbocycles. The molecule has 98 valence electrons. The highest BCUT2D eigenvalue weighted by Crippen LogP contribution is 2.16. The molecule has 0 spiro atoms. The zero-order chi connectivity index (χ0) is 13.9. The molecular weight excluding hydrogens is 248 g/mol. The van der Waals surface area contributed by atoms with Crippen molar-refractivity contribution in [3.8, 4) is 6.07 Å². The number of pyridine rings is 1. The van der Waals surface area contributed by atoms with Crippen LogP contribution in [-0.4, -0.2) is 9.38 Å². The SMILES string of the molecule is N#Cc1nc(CCc2ccccc2)n2cc(N)ccc12. The average molecular weight is 262 g/mol. The number of rotatable bonds is 3. The molecule has 2 heterocycles. The Bertz CT molecular complexity index is 781. The summed E-state index contributed by atoms with van der Waals surface area (Å²) in [5.74, 6) is 0.868. The number of nitrogens with two attached hydrogens (primary N) is 1. The Kier molecular flexibility index (Phi) is 3.10. The van der Waals surface area contributed by atoms with Gasteiger partial charge in [0.05, 0.1) is 5.52 Å². The zero-order valence-electron chi connectivity index (χ0n) is 11.0. The van der Waals surface area contributed by atoms with E-state index < -0.39 is 0 Å². The summed E-state index contributed by atoms with van der Waals surface area (Å²) in [6.45, 7) is 0.